The van der Waals surface area contributed by atoms with Crippen LogP contribution in [0.3, 0.4) is 0 Å². The molecule has 19 heavy (non-hydrogen) atoms. The second-order valence-corrected chi connectivity index (χ2v) is 4.27. The normalized spacial score (nSPS) is 10.3. The predicted molar refractivity (Wildman–Crippen MR) is 74.5 cm³/mol. The Morgan fingerprint density at radius 1 is 1.00 bits per heavy atom. The number of aryl methyl sites for hydroxylation is 2. The van der Waals surface area contributed by atoms with Gasteiger partial charge in [0.2, 0.25) is 5.95 Å². The fourth-order valence-electron chi connectivity index (χ4n) is 2.05. The second kappa shape index (κ2) is 5.14. The van der Waals surface area contributed by atoms with Crippen molar-refractivity contribution >= 4 is 5.95 Å². The van der Waals surface area contributed by atoms with Gasteiger partial charge in [0.15, 0.2) is 0 Å². The lowest BCUT2D eigenvalue weighted by molar-refractivity contribution is 0.395. The van der Waals surface area contributed by atoms with Crippen LogP contribution in [-0.4, -0.2) is 24.2 Å². The zero-order chi connectivity index (χ0) is 14.0. The van der Waals surface area contributed by atoms with Crippen molar-refractivity contribution < 1.29 is 9.47 Å². The lowest BCUT2D eigenvalue weighted by atomic mass is 10.0. The molecule has 1 aromatic carbocycles. The van der Waals surface area contributed by atoms with Gasteiger partial charge in [0.05, 0.1) is 19.9 Å². The van der Waals surface area contributed by atoms with Crippen molar-refractivity contribution in [2.45, 2.75) is 13.8 Å². The molecule has 2 N–H and O–H groups in total. The maximum Gasteiger partial charge on any atom is 0.220 e. The molecule has 0 amide bonds. The van der Waals surface area contributed by atoms with E-state index >= 15 is 0 Å². The molecule has 0 aliphatic rings. The number of nitrogens with two attached hydrogens (primary N) is 1. The average Bonchev–Trinajstić information content (AvgIpc) is 2.36. The van der Waals surface area contributed by atoms with Gasteiger partial charge in [-0.05, 0) is 31.5 Å². The average molecular weight is 259 g/mol. The Kier molecular flexibility index (Phi) is 3.55. The van der Waals surface area contributed by atoms with Gasteiger partial charge in [-0.15, -0.1) is 0 Å². The van der Waals surface area contributed by atoms with Crippen LogP contribution in [0.4, 0.5) is 5.95 Å². The lowest BCUT2D eigenvalue weighted by Crippen LogP contribution is -2.01. The number of hydrogen-bond acceptors (Lipinski definition) is 5. The van der Waals surface area contributed by atoms with E-state index < -0.39 is 0 Å². The molecule has 2 aromatic rings. The summed E-state index contributed by atoms with van der Waals surface area (Å²) in [5.74, 6) is 1.71. The largest absolute Gasteiger partial charge is 0.497 e. The van der Waals surface area contributed by atoms with Crippen molar-refractivity contribution in [2.24, 2.45) is 0 Å². The summed E-state index contributed by atoms with van der Waals surface area (Å²) >= 11 is 0. The number of nitrogen functional groups attached to an aromatic ring is 1. The molecule has 0 spiro atoms. The minimum atomic E-state index is 0.257. The first-order valence-corrected chi connectivity index (χ1v) is 5.89. The van der Waals surface area contributed by atoms with Crippen molar-refractivity contribution in [3.63, 3.8) is 0 Å². The smallest absolute Gasteiger partial charge is 0.220 e. The van der Waals surface area contributed by atoms with Gasteiger partial charge in [-0.3, -0.25) is 0 Å². The van der Waals surface area contributed by atoms with Gasteiger partial charge in [-0.25, -0.2) is 9.97 Å². The van der Waals surface area contributed by atoms with Gasteiger partial charge in [0.1, 0.15) is 11.5 Å². The number of hydrogen-bond donors (Lipinski definition) is 1. The molecule has 5 nitrogen and oxygen atoms in total. The molecule has 0 saturated carbocycles. The summed E-state index contributed by atoms with van der Waals surface area (Å²) in [6.07, 6.45) is 0. The molecule has 0 aliphatic carbocycles. The van der Waals surface area contributed by atoms with Crippen molar-refractivity contribution in [3.05, 3.63) is 29.5 Å². The first kappa shape index (κ1) is 13.1. The molecule has 0 unspecified atom stereocenters. The third kappa shape index (κ3) is 2.59. The van der Waals surface area contributed by atoms with Crippen LogP contribution in [0, 0.1) is 13.8 Å². The van der Waals surface area contributed by atoms with Crippen LogP contribution in [0.2, 0.25) is 0 Å². The minimum Gasteiger partial charge on any atom is -0.497 e. The highest BCUT2D eigenvalue weighted by molar-refractivity contribution is 5.73. The molecule has 0 saturated heterocycles. The van der Waals surface area contributed by atoms with Crippen LogP contribution in [0.15, 0.2) is 18.2 Å². The van der Waals surface area contributed by atoms with Gasteiger partial charge >= 0.3 is 0 Å². The van der Waals surface area contributed by atoms with Crippen LogP contribution in [-0.2, 0) is 0 Å². The van der Waals surface area contributed by atoms with E-state index in [9.17, 15) is 0 Å². The van der Waals surface area contributed by atoms with E-state index in [1.54, 1.807) is 14.2 Å². The molecule has 1 heterocycles. The van der Waals surface area contributed by atoms with E-state index in [0.29, 0.717) is 5.75 Å². The first-order chi connectivity index (χ1) is 9.05. The molecule has 2 rings (SSSR count). The number of aromatic nitrogens is 2. The summed E-state index contributed by atoms with van der Waals surface area (Å²) in [6, 6.07) is 5.65. The molecule has 0 fully saturated rings. The van der Waals surface area contributed by atoms with Crippen LogP contribution in [0.1, 0.15) is 11.3 Å². The molecular formula is C14H17N3O2. The molecular weight excluding hydrogens is 242 g/mol. The molecule has 0 atom stereocenters. The van der Waals surface area contributed by atoms with E-state index in [2.05, 4.69) is 9.97 Å². The highest BCUT2D eigenvalue weighted by Gasteiger charge is 2.14. The van der Waals surface area contributed by atoms with Gasteiger partial charge in [0.25, 0.3) is 0 Å². The monoisotopic (exact) mass is 259 g/mol. The fourth-order valence-corrected chi connectivity index (χ4v) is 2.05. The Hall–Kier alpha value is -2.30. The van der Waals surface area contributed by atoms with Crippen LogP contribution in [0.25, 0.3) is 11.3 Å². The minimum absolute atomic E-state index is 0.257. The molecule has 1 aromatic heterocycles. The number of rotatable bonds is 3. The molecule has 0 aliphatic heterocycles. The van der Waals surface area contributed by atoms with Crippen molar-refractivity contribution in [1.82, 2.24) is 9.97 Å². The third-order valence-electron chi connectivity index (χ3n) is 2.86. The van der Waals surface area contributed by atoms with E-state index in [-0.39, 0.29) is 5.95 Å². The highest BCUT2D eigenvalue weighted by atomic mass is 16.5. The fraction of sp³-hybridized carbons (Fsp3) is 0.286. The lowest BCUT2D eigenvalue weighted by Gasteiger charge is -2.13. The molecule has 0 radical (unpaired) electrons. The maximum absolute atomic E-state index is 5.71. The number of nitrogens with zero attached hydrogens (tertiary/aromatic N) is 2. The molecule has 0 bridgehead atoms. The number of ether oxygens (including phenoxy) is 2. The van der Waals surface area contributed by atoms with E-state index in [1.165, 1.54) is 0 Å². The summed E-state index contributed by atoms with van der Waals surface area (Å²) in [5, 5.41) is 0. The van der Waals surface area contributed by atoms with Crippen LogP contribution < -0.4 is 15.2 Å². The van der Waals surface area contributed by atoms with Gasteiger partial charge in [-0.2, -0.15) is 0 Å². The first-order valence-electron chi connectivity index (χ1n) is 5.89. The van der Waals surface area contributed by atoms with E-state index in [4.69, 9.17) is 15.2 Å². The number of benzene rings is 1. The van der Waals surface area contributed by atoms with Crippen LogP contribution >= 0.6 is 0 Å². The van der Waals surface area contributed by atoms with Crippen LogP contribution in [0.5, 0.6) is 11.5 Å². The Labute approximate surface area is 112 Å². The Balaban J connectivity index is 2.66. The Morgan fingerprint density at radius 2 is 1.74 bits per heavy atom. The molecule has 5 heteroatoms. The summed E-state index contributed by atoms with van der Waals surface area (Å²) in [5.41, 5.74) is 9.19. The van der Waals surface area contributed by atoms with Gasteiger partial charge < -0.3 is 15.2 Å². The summed E-state index contributed by atoms with van der Waals surface area (Å²) < 4.78 is 10.7. The van der Waals surface area contributed by atoms with E-state index in [1.807, 2.05) is 32.0 Å². The van der Waals surface area contributed by atoms with Crippen molar-refractivity contribution in [2.75, 3.05) is 20.0 Å². The zero-order valence-electron chi connectivity index (χ0n) is 11.5. The highest BCUT2D eigenvalue weighted by Crippen LogP contribution is 2.36. The zero-order valence-corrected chi connectivity index (χ0v) is 11.5. The Morgan fingerprint density at radius 3 is 2.32 bits per heavy atom. The van der Waals surface area contributed by atoms with Crippen molar-refractivity contribution in [1.29, 1.82) is 0 Å². The predicted octanol–water partition coefficient (Wildman–Crippen LogP) is 2.36. The SMILES string of the molecule is COc1cc(C)c(-c2cc(C)nc(N)n2)c(OC)c1. The molecule has 100 valence electrons. The second-order valence-electron chi connectivity index (χ2n) is 4.27. The quantitative estimate of drug-likeness (QED) is 0.916. The maximum atomic E-state index is 5.71. The van der Waals surface area contributed by atoms with Crippen molar-refractivity contribution in [3.8, 4) is 22.8 Å². The Bertz CT molecular complexity index is 592. The topological polar surface area (TPSA) is 70.3 Å². The number of methoxy groups -OCH3 is 2. The standard InChI is InChI=1S/C14H17N3O2/c1-8-5-10(18-3)7-12(19-4)13(8)11-6-9(2)16-14(15)17-11/h5-7H,1-4H3,(H2,15,16,17). The number of anilines is 1. The summed E-state index contributed by atoms with van der Waals surface area (Å²) in [4.78, 5) is 8.35. The third-order valence-corrected chi connectivity index (χ3v) is 2.86. The summed E-state index contributed by atoms with van der Waals surface area (Å²) in [6.45, 7) is 3.86. The van der Waals surface area contributed by atoms with Gasteiger partial charge in [0, 0.05) is 17.3 Å². The van der Waals surface area contributed by atoms with E-state index in [0.717, 1.165) is 28.3 Å². The summed E-state index contributed by atoms with van der Waals surface area (Å²) in [7, 11) is 3.25. The van der Waals surface area contributed by atoms with Gasteiger partial charge in [-0.1, -0.05) is 0 Å².